The van der Waals surface area contributed by atoms with Crippen molar-refractivity contribution in [3.8, 4) is 0 Å². The number of sulfonamides is 1. The van der Waals surface area contributed by atoms with Crippen LogP contribution in [-0.4, -0.2) is 40.0 Å². The maximum Gasteiger partial charge on any atom is 0.250 e. The van der Waals surface area contributed by atoms with Crippen molar-refractivity contribution in [1.82, 2.24) is 15.4 Å². The number of amides is 1. The van der Waals surface area contributed by atoms with Gasteiger partial charge in [-0.25, -0.2) is 13.1 Å². The normalized spacial score (nSPS) is 19.1. The van der Waals surface area contributed by atoms with E-state index < -0.39 is 10.0 Å². The van der Waals surface area contributed by atoms with Gasteiger partial charge < -0.3 is 10.6 Å². The standard InChI is InChI=1S/C11H16ClN3O3S2/c12-9-3-4-11(19-9)20(17,18)15-7-10(16)14-6-8-2-1-5-13-8/h3-4,8,13,15H,1-2,5-7H2,(H,14,16). The predicted molar refractivity (Wildman–Crippen MR) is 78.6 cm³/mol. The fourth-order valence-corrected chi connectivity index (χ4v) is 4.41. The van der Waals surface area contributed by atoms with E-state index in [1.165, 1.54) is 12.1 Å². The Morgan fingerprint density at radius 1 is 1.50 bits per heavy atom. The minimum Gasteiger partial charge on any atom is -0.353 e. The first-order chi connectivity index (χ1) is 9.47. The quantitative estimate of drug-likeness (QED) is 0.707. The summed E-state index contributed by atoms with van der Waals surface area (Å²) in [5.74, 6) is -0.343. The van der Waals surface area contributed by atoms with Gasteiger partial charge in [0, 0.05) is 12.6 Å². The van der Waals surface area contributed by atoms with Crippen molar-refractivity contribution < 1.29 is 13.2 Å². The highest BCUT2D eigenvalue weighted by Gasteiger charge is 2.19. The number of nitrogens with one attached hydrogen (secondary N) is 3. The zero-order valence-electron chi connectivity index (χ0n) is 10.7. The van der Waals surface area contributed by atoms with Crippen LogP contribution in [0.4, 0.5) is 0 Å². The molecule has 0 spiro atoms. The van der Waals surface area contributed by atoms with E-state index in [9.17, 15) is 13.2 Å². The molecule has 20 heavy (non-hydrogen) atoms. The summed E-state index contributed by atoms with van der Waals surface area (Å²) in [6, 6.07) is 3.20. The molecule has 3 N–H and O–H groups in total. The topological polar surface area (TPSA) is 87.3 Å². The molecule has 1 amide bonds. The maximum atomic E-state index is 11.9. The van der Waals surface area contributed by atoms with E-state index in [1.54, 1.807) is 0 Å². The van der Waals surface area contributed by atoms with Gasteiger partial charge in [-0.05, 0) is 31.5 Å². The molecule has 2 rings (SSSR count). The summed E-state index contributed by atoms with van der Waals surface area (Å²) in [7, 11) is -3.66. The van der Waals surface area contributed by atoms with E-state index in [4.69, 9.17) is 11.6 Å². The molecule has 1 aromatic heterocycles. The van der Waals surface area contributed by atoms with Gasteiger partial charge in [0.1, 0.15) is 4.21 Å². The zero-order valence-corrected chi connectivity index (χ0v) is 13.1. The van der Waals surface area contributed by atoms with E-state index in [0.29, 0.717) is 10.9 Å². The third-order valence-corrected chi connectivity index (χ3v) is 6.07. The Balaban J connectivity index is 1.77. The average molecular weight is 338 g/mol. The molecule has 1 aliphatic heterocycles. The summed E-state index contributed by atoms with van der Waals surface area (Å²) in [6.45, 7) is 1.21. The summed E-state index contributed by atoms with van der Waals surface area (Å²) in [5, 5.41) is 5.95. The molecule has 1 aliphatic rings. The van der Waals surface area contributed by atoms with Crippen molar-refractivity contribution in [2.75, 3.05) is 19.6 Å². The number of hydrogen-bond donors (Lipinski definition) is 3. The summed E-state index contributed by atoms with van der Waals surface area (Å²) < 4.78 is 26.5. The third-order valence-electron chi connectivity index (χ3n) is 2.94. The molecule has 0 aliphatic carbocycles. The SMILES string of the molecule is O=C(CNS(=O)(=O)c1ccc(Cl)s1)NCC1CCCN1. The van der Waals surface area contributed by atoms with E-state index in [0.717, 1.165) is 30.7 Å². The van der Waals surface area contributed by atoms with Crippen LogP contribution in [0.25, 0.3) is 0 Å². The van der Waals surface area contributed by atoms with Crippen molar-refractivity contribution in [2.24, 2.45) is 0 Å². The monoisotopic (exact) mass is 337 g/mol. The maximum absolute atomic E-state index is 11.9. The van der Waals surface area contributed by atoms with E-state index in [1.807, 2.05) is 0 Å². The van der Waals surface area contributed by atoms with Crippen LogP contribution in [-0.2, 0) is 14.8 Å². The number of carbonyl (C=O) groups excluding carboxylic acids is 1. The molecule has 0 aromatic carbocycles. The van der Waals surface area contributed by atoms with E-state index in [2.05, 4.69) is 15.4 Å². The highest BCUT2D eigenvalue weighted by atomic mass is 35.5. The van der Waals surface area contributed by atoms with Crippen LogP contribution < -0.4 is 15.4 Å². The van der Waals surface area contributed by atoms with Crippen molar-refractivity contribution in [1.29, 1.82) is 0 Å². The van der Waals surface area contributed by atoms with Crippen LogP contribution >= 0.6 is 22.9 Å². The number of halogens is 1. The van der Waals surface area contributed by atoms with Gasteiger partial charge in [0.05, 0.1) is 10.9 Å². The van der Waals surface area contributed by atoms with Crippen LogP contribution in [0.3, 0.4) is 0 Å². The molecule has 1 aromatic rings. The van der Waals surface area contributed by atoms with E-state index >= 15 is 0 Å². The first kappa shape index (κ1) is 15.7. The van der Waals surface area contributed by atoms with Gasteiger partial charge in [0.2, 0.25) is 5.91 Å². The third kappa shape index (κ3) is 4.42. The minimum atomic E-state index is -3.66. The molecule has 0 radical (unpaired) electrons. The molecule has 112 valence electrons. The Kier molecular flexibility index (Phi) is 5.39. The molecular weight excluding hydrogens is 322 g/mol. The number of thiophene rings is 1. The molecule has 1 atom stereocenters. The first-order valence-corrected chi connectivity index (χ1v) is 8.90. The molecule has 6 nitrogen and oxygen atoms in total. The van der Waals surface area contributed by atoms with Crippen LogP contribution in [0, 0.1) is 0 Å². The highest BCUT2D eigenvalue weighted by molar-refractivity contribution is 7.91. The molecule has 1 fully saturated rings. The van der Waals surface area contributed by atoms with Crippen LogP contribution in [0.1, 0.15) is 12.8 Å². The molecule has 1 saturated heterocycles. The van der Waals surface area contributed by atoms with Gasteiger partial charge in [-0.1, -0.05) is 11.6 Å². The van der Waals surface area contributed by atoms with Crippen LogP contribution in [0.2, 0.25) is 4.34 Å². The summed E-state index contributed by atoms with van der Waals surface area (Å²) in [5.41, 5.74) is 0. The Labute approximate surface area is 126 Å². The zero-order chi connectivity index (χ0) is 14.6. The Hall–Kier alpha value is -0.670. The van der Waals surface area contributed by atoms with E-state index in [-0.39, 0.29) is 22.7 Å². The fourth-order valence-electron chi connectivity index (χ4n) is 1.90. The Morgan fingerprint density at radius 2 is 2.30 bits per heavy atom. The van der Waals surface area contributed by atoms with Gasteiger partial charge in [-0.2, -0.15) is 0 Å². The largest absolute Gasteiger partial charge is 0.353 e. The second kappa shape index (κ2) is 6.86. The fraction of sp³-hybridized carbons (Fsp3) is 0.545. The van der Waals surface area contributed by atoms with Gasteiger partial charge in [0.25, 0.3) is 10.0 Å². The second-order valence-electron chi connectivity index (χ2n) is 4.48. The van der Waals surface area contributed by atoms with Crippen molar-refractivity contribution in [2.45, 2.75) is 23.1 Å². The highest BCUT2D eigenvalue weighted by Crippen LogP contribution is 2.25. The molecule has 0 saturated carbocycles. The number of rotatable bonds is 6. The summed E-state index contributed by atoms with van der Waals surface area (Å²) in [6.07, 6.45) is 2.13. The van der Waals surface area contributed by atoms with Crippen LogP contribution in [0.15, 0.2) is 16.3 Å². The molecule has 0 bridgehead atoms. The van der Waals surface area contributed by atoms with Gasteiger partial charge in [0.15, 0.2) is 0 Å². The first-order valence-electron chi connectivity index (χ1n) is 6.22. The lowest BCUT2D eigenvalue weighted by Crippen LogP contribution is -2.42. The lowest BCUT2D eigenvalue weighted by Gasteiger charge is -2.11. The Bertz CT molecular complexity index is 567. The smallest absolute Gasteiger partial charge is 0.250 e. The second-order valence-corrected chi connectivity index (χ2v) is 8.19. The number of carbonyl (C=O) groups is 1. The lowest BCUT2D eigenvalue weighted by atomic mass is 10.2. The molecular formula is C11H16ClN3O3S2. The van der Waals surface area contributed by atoms with Crippen molar-refractivity contribution in [3.05, 3.63) is 16.5 Å². The van der Waals surface area contributed by atoms with Crippen molar-refractivity contribution in [3.63, 3.8) is 0 Å². The van der Waals surface area contributed by atoms with Gasteiger partial charge in [-0.15, -0.1) is 11.3 Å². The molecule has 2 heterocycles. The number of hydrogen-bond acceptors (Lipinski definition) is 5. The van der Waals surface area contributed by atoms with Gasteiger partial charge >= 0.3 is 0 Å². The van der Waals surface area contributed by atoms with Gasteiger partial charge in [-0.3, -0.25) is 4.79 Å². The average Bonchev–Trinajstić information content (AvgIpc) is 3.05. The summed E-state index contributed by atoms with van der Waals surface area (Å²) in [4.78, 5) is 11.6. The van der Waals surface area contributed by atoms with Crippen LogP contribution in [0.5, 0.6) is 0 Å². The minimum absolute atomic E-state index is 0.104. The van der Waals surface area contributed by atoms with Crippen molar-refractivity contribution >= 4 is 38.9 Å². The molecule has 9 heteroatoms. The predicted octanol–water partition coefficient (Wildman–Crippen LogP) is 0.548. The lowest BCUT2D eigenvalue weighted by molar-refractivity contribution is -0.120. The Morgan fingerprint density at radius 3 is 2.90 bits per heavy atom. The molecule has 1 unspecified atom stereocenters. The summed E-state index contributed by atoms with van der Waals surface area (Å²) >= 11 is 6.65.